The van der Waals surface area contributed by atoms with Crippen molar-refractivity contribution in [3.8, 4) is 0 Å². The number of alkyl halides is 3. The normalized spacial score (nSPS) is 26.6. The second kappa shape index (κ2) is 4.07. The van der Waals surface area contributed by atoms with Crippen LogP contribution in [0.1, 0.15) is 24.8 Å². The molecule has 1 aromatic rings. The number of rotatable bonds is 0. The van der Waals surface area contributed by atoms with E-state index < -0.39 is 11.7 Å². The largest absolute Gasteiger partial charge is 0.416 e. The predicted molar refractivity (Wildman–Crippen MR) is 64.7 cm³/mol. The fourth-order valence-corrected chi connectivity index (χ4v) is 2.90. The lowest BCUT2D eigenvalue weighted by molar-refractivity contribution is -0.137. The van der Waals surface area contributed by atoms with E-state index in [1.54, 1.807) is 0 Å². The Bertz CT molecular complexity index is 456. The molecule has 2 nitrogen and oxygen atoms in total. The number of hydrogen-bond acceptors (Lipinski definition) is 2. The van der Waals surface area contributed by atoms with E-state index in [9.17, 15) is 13.2 Å². The van der Waals surface area contributed by atoms with Gasteiger partial charge in [-0.1, -0.05) is 6.42 Å². The highest BCUT2D eigenvalue weighted by molar-refractivity contribution is 5.71. The highest BCUT2D eigenvalue weighted by Crippen LogP contribution is 2.38. The summed E-state index contributed by atoms with van der Waals surface area (Å²) in [5.74, 6) is 0.520. The van der Waals surface area contributed by atoms with E-state index in [0.29, 0.717) is 17.6 Å². The van der Waals surface area contributed by atoms with Gasteiger partial charge < -0.3 is 10.6 Å². The molecule has 0 radical (unpaired) electrons. The van der Waals surface area contributed by atoms with Gasteiger partial charge in [-0.05, 0) is 37.0 Å². The Labute approximate surface area is 104 Å². The molecule has 2 unspecified atom stereocenters. The van der Waals surface area contributed by atoms with Crippen molar-refractivity contribution >= 4 is 11.4 Å². The lowest BCUT2D eigenvalue weighted by Gasteiger charge is -2.17. The van der Waals surface area contributed by atoms with Crippen molar-refractivity contribution in [2.24, 2.45) is 5.92 Å². The smallest absolute Gasteiger partial charge is 0.383 e. The summed E-state index contributed by atoms with van der Waals surface area (Å²) in [7, 11) is 0. The van der Waals surface area contributed by atoms with Crippen molar-refractivity contribution < 1.29 is 13.2 Å². The molecular formula is C13H15F3N2. The quantitative estimate of drug-likeness (QED) is 0.739. The lowest BCUT2D eigenvalue weighted by atomic mass is 10.0. The molecule has 1 aliphatic carbocycles. The molecule has 2 N–H and O–H groups in total. The van der Waals surface area contributed by atoms with Crippen molar-refractivity contribution in [2.75, 3.05) is 17.2 Å². The number of fused-ring (bicyclic) bond motifs is 2. The average Bonchev–Trinajstić information content (AvgIpc) is 2.67. The van der Waals surface area contributed by atoms with Crippen molar-refractivity contribution in [3.63, 3.8) is 0 Å². The maximum atomic E-state index is 12.6. The second-order valence-electron chi connectivity index (χ2n) is 5.08. The van der Waals surface area contributed by atoms with Gasteiger partial charge in [0.1, 0.15) is 0 Å². The van der Waals surface area contributed by atoms with E-state index >= 15 is 0 Å². The first-order chi connectivity index (χ1) is 8.54. The summed E-state index contributed by atoms with van der Waals surface area (Å²) in [6.07, 6.45) is -0.837. The fraction of sp³-hybridized carbons (Fsp3) is 0.538. The zero-order chi connectivity index (χ0) is 12.8. The van der Waals surface area contributed by atoms with E-state index in [4.69, 9.17) is 0 Å². The van der Waals surface area contributed by atoms with Gasteiger partial charge in [0.2, 0.25) is 0 Å². The fourth-order valence-electron chi connectivity index (χ4n) is 2.90. The Morgan fingerprint density at radius 2 is 1.94 bits per heavy atom. The van der Waals surface area contributed by atoms with Gasteiger partial charge in [-0.15, -0.1) is 0 Å². The van der Waals surface area contributed by atoms with Gasteiger partial charge in [-0.3, -0.25) is 0 Å². The number of nitrogens with one attached hydrogen (secondary N) is 2. The standard InChI is InChI=1S/C13H15F3N2/c14-13(15,16)9-4-5-11-12(6-9)17-7-8-2-1-3-10(8)18-11/h4-6,8,10,17-18H,1-3,7H2. The molecule has 0 amide bonds. The number of benzene rings is 1. The third-order valence-corrected chi connectivity index (χ3v) is 3.90. The van der Waals surface area contributed by atoms with Crippen LogP contribution in [0, 0.1) is 5.92 Å². The van der Waals surface area contributed by atoms with Crippen LogP contribution in [0.4, 0.5) is 24.5 Å². The van der Waals surface area contributed by atoms with Gasteiger partial charge in [-0.25, -0.2) is 0 Å². The van der Waals surface area contributed by atoms with Crippen LogP contribution in [0.25, 0.3) is 0 Å². The van der Waals surface area contributed by atoms with Gasteiger partial charge in [0, 0.05) is 12.6 Å². The first kappa shape index (κ1) is 11.7. The zero-order valence-corrected chi connectivity index (χ0v) is 9.85. The van der Waals surface area contributed by atoms with Crippen molar-refractivity contribution in [1.82, 2.24) is 0 Å². The van der Waals surface area contributed by atoms with Crippen LogP contribution < -0.4 is 10.6 Å². The minimum Gasteiger partial charge on any atom is -0.383 e. The highest BCUT2D eigenvalue weighted by Gasteiger charge is 2.33. The molecule has 98 valence electrons. The first-order valence-electron chi connectivity index (χ1n) is 6.26. The minimum atomic E-state index is -4.28. The minimum absolute atomic E-state index is 0.399. The van der Waals surface area contributed by atoms with E-state index in [1.165, 1.54) is 18.6 Å². The number of halogens is 3. The van der Waals surface area contributed by atoms with E-state index in [0.717, 1.165) is 31.1 Å². The van der Waals surface area contributed by atoms with Crippen LogP contribution in [0.15, 0.2) is 18.2 Å². The van der Waals surface area contributed by atoms with Gasteiger partial charge in [-0.2, -0.15) is 13.2 Å². The third kappa shape index (κ3) is 2.02. The molecule has 5 heteroatoms. The van der Waals surface area contributed by atoms with Crippen LogP contribution >= 0.6 is 0 Å². The van der Waals surface area contributed by atoms with Gasteiger partial charge in [0.15, 0.2) is 0 Å². The predicted octanol–water partition coefficient (Wildman–Crippen LogP) is 3.71. The summed E-state index contributed by atoms with van der Waals surface area (Å²) in [5.41, 5.74) is 0.763. The summed E-state index contributed by atoms with van der Waals surface area (Å²) in [6, 6.07) is 4.27. The third-order valence-electron chi connectivity index (χ3n) is 3.90. The number of anilines is 2. The molecular weight excluding hydrogens is 241 g/mol. The van der Waals surface area contributed by atoms with Crippen molar-refractivity contribution in [1.29, 1.82) is 0 Å². The summed E-state index contributed by atoms with van der Waals surface area (Å²) >= 11 is 0. The molecule has 0 bridgehead atoms. The number of hydrogen-bond donors (Lipinski definition) is 2. The second-order valence-corrected chi connectivity index (χ2v) is 5.08. The lowest BCUT2D eigenvalue weighted by Crippen LogP contribution is -2.25. The molecule has 3 rings (SSSR count). The first-order valence-corrected chi connectivity index (χ1v) is 6.26. The molecule has 0 aromatic heterocycles. The Morgan fingerprint density at radius 3 is 2.72 bits per heavy atom. The molecule has 18 heavy (non-hydrogen) atoms. The Hall–Kier alpha value is -1.39. The summed E-state index contributed by atoms with van der Waals surface area (Å²) in [6.45, 7) is 0.756. The van der Waals surface area contributed by atoms with Crippen LogP contribution in [0.2, 0.25) is 0 Å². The zero-order valence-electron chi connectivity index (χ0n) is 9.85. The maximum Gasteiger partial charge on any atom is 0.416 e. The SMILES string of the molecule is FC(F)(F)c1ccc2c(c1)NCC1CCCC1N2. The van der Waals surface area contributed by atoms with Gasteiger partial charge in [0.25, 0.3) is 0 Å². The molecule has 1 aromatic carbocycles. The van der Waals surface area contributed by atoms with E-state index in [2.05, 4.69) is 10.6 Å². The van der Waals surface area contributed by atoms with Crippen LogP contribution in [-0.2, 0) is 6.18 Å². The van der Waals surface area contributed by atoms with Crippen LogP contribution in [-0.4, -0.2) is 12.6 Å². The summed E-state index contributed by atoms with van der Waals surface area (Å²) in [5, 5.41) is 6.52. The average molecular weight is 256 g/mol. The maximum absolute atomic E-state index is 12.6. The molecule has 0 spiro atoms. The summed E-state index contributed by atoms with van der Waals surface area (Å²) in [4.78, 5) is 0. The molecule has 2 aliphatic rings. The Morgan fingerprint density at radius 1 is 1.11 bits per heavy atom. The molecule has 2 atom stereocenters. The van der Waals surface area contributed by atoms with Crippen molar-refractivity contribution in [2.45, 2.75) is 31.5 Å². The molecule has 1 aliphatic heterocycles. The molecule has 0 saturated heterocycles. The van der Waals surface area contributed by atoms with Crippen molar-refractivity contribution in [3.05, 3.63) is 23.8 Å². The summed E-state index contributed by atoms with van der Waals surface area (Å²) < 4.78 is 37.9. The van der Waals surface area contributed by atoms with Gasteiger partial charge in [0.05, 0.1) is 16.9 Å². The topological polar surface area (TPSA) is 24.1 Å². The monoisotopic (exact) mass is 256 g/mol. The molecule has 1 saturated carbocycles. The Kier molecular flexibility index (Phi) is 2.64. The van der Waals surface area contributed by atoms with Crippen LogP contribution in [0.5, 0.6) is 0 Å². The van der Waals surface area contributed by atoms with E-state index in [1.807, 2.05) is 0 Å². The molecule has 1 fully saturated rings. The highest BCUT2D eigenvalue weighted by atomic mass is 19.4. The van der Waals surface area contributed by atoms with Gasteiger partial charge >= 0.3 is 6.18 Å². The van der Waals surface area contributed by atoms with E-state index in [-0.39, 0.29) is 0 Å². The molecule has 1 heterocycles. The van der Waals surface area contributed by atoms with Crippen LogP contribution in [0.3, 0.4) is 0 Å². The Balaban J connectivity index is 1.92.